The maximum absolute atomic E-state index is 13.1. The highest BCUT2D eigenvalue weighted by Crippen LogP contribution is 2.65. The molecule has 1 fully saturated rings. The Hall–Kier alpha value is -2.52. The molecule has 7 nitrogen and oxygen atoms in total. The molecule has 0 aliphatic heterocycles. The Bertz CT molecular complexity index is 1480. The van der Waals surface area contributed by atoms with E-state index in [1.165, 1.54) is 12.1 Å². The second kappa shape index (κ2) is 12.6. The molecule has 0 radical (unpaired) electrons. The highest BCUT2D eigenvalue weighted by Gasteiger charge is 2.67. The number of anilines is 3. The average molecular weight is 643 g/mol. The van der Waals surface area contributed by atoms with Crippen LogP contribution in [0.1, 0.15) is 40.2 Å². The Balaban J connectivity index is 1.44. The van der Waals surface area contributed by atoms with E-state index in [1.807, 2.05) is 0 Å². The third-order valence-electron chi connectivity index (χ3n) is 6.48. The normalized spacial score (nSPS) is 17.2. The van der Waals surface area contributed by atoms with Crippen LogP contribution in [0.3, 0.4) is 0 Å². The summed E-state index contributed by atoms with van der Waals surface area (Å²) in [6.45, 7) is 2.23. The Morgan fingerprint density at radius 1 is 0.850 bits per heavy atom. The lowest BCUT2D eigenvalue weighted by atomic mass is 10.1. The van der Waals surface area contributed by atoms with E-state index in [4.69, 9.17) is 63.7 Å². The first-order valence-electron chi connectivity index (χ1n) is 12.3. The maximum Gasteiger partial charge on any atom is 0.257 e. The van der Waals surface area contributed by atoms with Gasteiger partial charge in [0, 0.05) is 29.4 Å². The minimum atomic E-state index is -1.33. The topological polar surface area (TPSA) is 113 Å². The third-order valence-corrected chi connectivity index (χ3v) is 8.49. The van der Waals surface area contributed by atoms with Gasteiger partial charge in [-0.1, -0.05) is 40.9 Å². The molecule has 12 heteroatoms. The van der Waals surface area contributed by atoms with E-state index in [1.54, 1.807) is 49.4 Å². The van der Waals surface area contributed by atoms with Crippen LogP contribution in [-0.2, 0) is 9.59 Å². The number of aryl methyl sites for hydroxylation is 1. The van der Waals surface area contributed by atoms with Crippen molar-refractivity contribution in [3.8, 4) is 0 Å². The van der Waals surface area contributed by atoms with Gasteiger partial charge in [-0.05, 0) is 79.5 Å². The molecule has 40 heavy (non-hydrogen) atoms. The van der Waals surface area contributed by atoms with Crippen LogP contribution in [0, 0.1) is 12.8 Å². The van der Waals surface area contributed by atoms with Crippen molar-refractivity contribution in [2.24, 2.45) is 11.7 Å². The van der Waals surface area contributed by atoms with Gasteiger partial charge < -0.3 is 21.7 Å². The van der Waals surface area contributed by atoms with Gasteiger partial charge in [-0.25, -0.2) is 0 Å². The molecule has 210 valence electrons. The standard InChI is InChI=1S/C28H25Cl5N4O3/c1-14-11-16(35-23(38)3-2-10-34)6-9-22(14)37-26(39)18-13-17(5-8-19(18)29)36-27(40)25-24(28(25,32)33)15-4-7-20(30)21(31)12-15/h4-9,11-13,24-25H,2-3,10,34H2,1H3,(H,35,38)(H,36,40)(H,37,39)/t24-,25+/m0/s1. The fraction of sp³-hybridized carbons (Fsp3) is 0.250. The Morgan fingerprint density at radius 2 is 1.52 bits per heavy atom. The fourth-order valence-corrected chi connectivity index (χ4v) is 5.67. The minimum absolute atomic E-state index is 0.137. The lowest BCUT2D eigenvalue weighted by molar-refractivity contribution is -0.117. The molecule has 0 saturated heterocycles. The first-order chi connectivity index (χ1) is 18.9. The van der Waals surface area contributed by atoms with Crippen molar-refractivity contribution >= 4 is 92.8 Å². The summed E-state index contributed by atoms with van der Waals surface area (Å²) in [6.07, 6.45) is 0.920. The van der Waals surface area contributed by atoms with E-state index in [-0.39, 0.29) is 16.5 Å². The minimum Gasteiger partial charge on any atom is -0.330 e. The van der Waals surface area contributed by atoms with Gasteiger partial charge in [-0.2, -0.15) is 0 Å². The Morgan fingerprint density at radius 3 is 2.20 bits per heavy atom. The molecule has 3 aromatic carbocycles. The van der Waals surface area contributed by atoms with E-state index in [0.717, 1.165) is 5.56 Å². The van der Waals surface area contributed by atoms with Gasteiger partial charge in [0.1, 0.15) is 4.33 Å². The largest absolute Gasteiger partial charge is 0.330 e. The summed E-state index contributed by atoms with van der Waals surface area (Å²) in [5.41, 5.74) is 8.50. The van der Waals surface area contributed by atoms with E-state index >= 15 is 0 Å². The number of alkyl halides is 2. The van der Waals surface area contributed by atoms with Crippen LogP contribution in [0.2, 0.25) is 15.1 Å². The zero-order valence-electron chi connectivity index (χ0n) is 21.2. The van der Waals surface area contributed by atoms with Crippen molar-refractivity contribution in [3.63, 3.8) is 0 Å². The molecule has 0 heterocycles. The molecule has 1 aliphatic rings. The van der Waals surface area contributed by atoms with Crippen LogP contribution in [0.4, 0.5) is 17.1 Å². The highest BCUT2D eigenvalue weighted by atomic mass is 35.5. The molecule has 0 bridgehead atoms. The molecule has 3 amide bonds. The molecule has 1 aliphatic carbocycles. The molecule has 0 aromatic heterocycles. The van der Waals surface area contributed by atoms with Gasteiger partial charge in [-0.15, -0.1) is 23.2 Å². The second-order valence-electron chi connectivity index (χ2n) is 9.41. The molecule has 3 aromatic rings. The summed E-state index contributed by atoms with van der Waals surface area (Å²) >= 11 is 31.3. The summed E-state index contributed by atoms with van der Waals surface area (Å²) in [4.78, 5) is 38.1. The summed E-state index contributed by atoms with van der Waals surface area (Å²) < 4.78 is -1.33. The number of halogens is 5. The van der Waals surface area contributed by atoms with Gasteiger partial charge in [0.15, 0.2) is 0 Å². The number of rotatable bonds is 9. The number of amides is 3. The Labute approximate surface area is 256 Å². The van der Waals surface area contributed by atoms with Gasteiger partial charge >= 0.3 is 0 Å². The lowest BCUT2D eigenvalue weighted by Crippen LogP contribution is -2.18. The number of hydrogen-bond donors (Lipinski definition) is 4. The number of benzene rings is 3. The molecule has 4 rings (SSSR count). The van der Waals surface area contributed by atoms with Gasteiger partial charge in [0.2, 0.25) is 11.8 Å². The van der Waals surface area contributed by atoms with Crippen molar-refractivity contribution in [1.82, 2.24) is 0 Å². The highest BCUT2D eigenvalue weighted by molar-refractivity contribution is 6.53. The molecular weight excluding hydrogens is 618 g/mol. The van der Waals surface area contributed by atoms with Gasteiger partial charge in [-0.3, -0.25) is 14.4 Å². The molecular formula is C28H25Cl5N4O3. The van der Waals surface area contributed by atoms with Crippen LogP contribution in [-0.4, -0.2) is 28.6 Å². The SMILES string of the molecule is Cc1cc(NC(=O)CCCN)ccc1NC(=O)c1cc(NC(=O)[C@H]2[C@H](c3ccc(Cl)c(Cl)c3)C2(Cl)Cl)ccc1Cl. The van der Waals surface area contributed by atoms with Crippen LogP contribution >= 0.6 is 58.0 Å². The van der Waals surface area contributed by atoms with Crippen LogP contribution in [0.25, 0.3) is 0 Å². The number of hydrogen-bond acceptors (Lipinski definition) is 4. The van der Waals surface area contributed by atoms with Gasteiger partial charge in [0.05, 0.1) is 26.5 Å². The predicted molar refractivity (Wildman–Crippen MR) is 163 cm³/mol. The van der Waals surface area contributed by atoms with E-state index in [0.29, 0.717) is 52.1 Å². The van der Waals surface area contributed by atoms with Crippen LogP contribution < -0.4 is 21.7 Å². The molecule has 1 saturated carbocycles. The van der Waals surface area contributed by atoms with Crippen LogP contribution in [0.15, 0.2) is 54.6 Å². The van der Waals surface area contributed by atoms with E-state index < -0.39 is 28.0 Å². The number of nitrogens with two attached hydrogens (primary N) is 1. The number of carbonyl (C=O) groups is 3. The third kappa shape index (κ3) is 6.85. The average Bonchev–Trinajstić information content (AvgIpc) is 3.48. The van der Waals surface area contributed by atoms with E-state index in [2.05, 4.69) is 16.0 Å². The molecule has 5 N–H and O–H groups in total. The van der Waals surface area contributed by atoms with Crippen molar-refractivity contribution in [1.29, 1.82) is 0 Å². The van der Waals surface area contributed by atoms with Crippen LogP contribution in [0.5, 0.6) is 0 Å². The zero-order valence-corrected chi connectivity index (χ0v) is 24.9. The smallest absolute Gasteiger partial charge is 0.257 e. The van der Waals surface area contributed by atoms with Crippen molar-refractivity contribution < 1.29 is 14.4 Å². The summed E-state index contributed by atoms with van der Waals surface area (Å²) in [6, 6.07) is 14.7. The fourth-order valence-electron chi connectivity index (χ4n) is 4.33. The summed E-state index contributed by atoms with van der Waals surface area (Å²) in [7, 11) is 0. The first kappa shape index (κ1) is 30.4. The monoisotopic (exact) mass is 640 g/mol. The van der Waals surface area contributed by atoms with Crippen molar-refractivity contribution in [2.75, 3.05) is 22.5 Å². The number of nitrogens with one attached hydrogen (secondary N) is 3. The first-order valence-corrected chi connectivity index (χ1v) is 14.2. The van der Waals surface area contributed by atoms with Crippen molar-refractivity contribution in [2.45, 2.75) is 30.0 Å². The quantitative estimate of drug-likeness (QED) is 0.182. The number of carbonyl (C=O) groups excluding carboxylic acids is 3. The van der Waals surface area contributed by atoms with E-state index in [9.17, 15) is 14.4 Å². The molecule has 0 spiro atoms. The zero-order chi connectivity index (χ0) is 29.2. The lowest BCUT2D eigenvalue weighted by Gasteiger charge is -2.13. The molecule has 0 unspecified atom stereocenters. The van der Waals surface area contributed by atoms with Gasteiger partial charge in [0.25, 0.3) is 5.91 Å². The second-order valence-corrected chi connectivity index (χ2v) is 12.1. The Kier molecular flexibility index (Phi) is 9.55. The predicted octanol–water partition coefficient (Wildman–Crippen LogP) is 7.41. The summed E-state index contributed by atoms with van der Waals surface area (Å²) in [5, 5.41) is 9.30. The van der Waals surface area contributed by atoms with Crippen molar-refractivity contribution in [3.05, 3.63) is 86.4 Å². The maximum atomic E-state index is 13.1. The summed E-state index contributed by atoms with van der Waals surface area (Å²) in [5.74, 6) is -2.28. The molecule has 2 atom stereocenters.